The lowest BCUT2D eigenvalue weighted by molar-refractivity contribution is -0.137. The van der Waals surface area contributed by atoms with Crippen molar-refractivity contribution in [3.05, 3.63) is 88.2 Å². The second-order valence-corrected chi connectivity index (χ2v) is 7.88. The van der Waals surface area contributed by atoms with E-state index in [1.54, 1.807) is 42.5 Å². The summed E-state index contributed by atoms with van der Waals surface area (Å²) in [5.41, 5.74) is 0.899. The van der Waals surface area contributed by atoms with Crippen molar-refractivity contribution in [2.75, 3.05) is 14.2 Å². The average Bonchev–Trinajstić information content (AvgIpc) is 3.27. The highest BCUT2D eigenvalue weighted by molar-refractivity contribution is 6.30. The minimum absolute atomic E-state index is 0.178. The second kappa shape index (κ2) is 9.71. The van der Waals surface area contributed by atoms with Crippen molar-refractivity contribution in [3.8, 4) is 11.5 Å². The third-order valence-corrected chi connectivity index (χ3v) is 5.39. The van der Waals surface area contributed by atoms with Crippen LogP contribution >= 0.6 is 11.6 Å². The van der Waals surface area contributed by atoms with E-state index in [1.165, 1.54) is 26.4 Å². The number of alkyl halides is 3. The monoisotopic (exact) mass is 501 g/mol. The smallest absolute Gasteiger partial charge is 0.416 e. The minimum Gasteiger partial charge on any atom is -0.493 e. The summed E-state index contributed by atoms with van der Waals surface area (Å²) in [4.78, 5) is 20.3. The molecule has 0 unspecified atom stereocenters. The number of carbonyl (C=O) groups excluding carboxylic acids is 1. The first-order valence-electron chi connectivity index (χ1n) is 10.3. The van der Waals surface area contributed by atoms with Crippen molar-refractivity contribution in [1.29, 1.82) is 0 Å². The lowest BCUT2D eigenvalue weighted by Gasteiger charge is -2.11. The number of aromatic amines is 1. The van der Waals surface area contributed by atoms with Crippen molar-refractivity contribution in [1.82, 2.24) is 15.3 Å². The van der Waals surface area contributed by atoms with Gasteiger partial charge < -0.3 is 19.8 Å². The molecule has 0 aliphatic rings. The summed E-state index contributed by atoms with van der Waals surface area (Å²) in [7, 11) is 2.94. The van der Waals surface area contributed by atoms with Gasteiger partial charge in [0.1, 0.15) is 0 Å². The molecule has 4 rings (SSSR count). The predicted octanol–water partition coefficient (Wildman–Crippen LogP) is 6.18. The Morgan fingerprint density at radius 1 is 1.00 bits per heavy atom. The molecule has 2 N–H and O–H groups in total. The molecular formula is C25H19ClF3N3O3. The summed E-state index contributed by atoms with van der Waals surface area (Å²) in [5.74, 6) is 0.524. The number of nitrogens with one attached hydrogen (secondary N) is 2. The molecule has 1 amide bonds. The molecule has 35 heavy (non-hydrogen) atoms. The number of benzene rings is 3. The Morgan fingerprint density at radius 2 is 1.71 bits per heavy atom. The maximum absolute atomic E-state index is 13.1. The number of ether oxygens (including phenoxy) is 2. The van der Waals surface area contributed by atoms with Crippen LogP contribution in [-0.4, -0.2) is 30.1 Å². The van der Waals surface area contributed by atoms with Crippen LogP contribution in [0.25, 0.3) is 22.8 Å². The van der Waals surface area contributed by atoms with Gasteiger partial charge in [-0.3, -0.25) is 4.79 Å². The number of aromatic nitrogens is 2. The zero-order valence-corrected chi connectivity index (χ0v) is 19.3. The van der Waals surface area contributed by atoms with Crippen molar-refractivity contribution in [2.24, 2.45) is 0 Å². The first kappa shape index (κ1) is 24.2. The zero-order valence-electron chi connectivity index (χ0n) is 18.5. The van der Waals surface area contributed by atoms with Crippen LogP contribution in [0.2, 0.25) is 5.02 Å². The highest BCUT2D eigenvalue weighted by atomic mass is 35.5. The Labute approximate surface area is 203 Å². The SMILES string of the molecule is COc1ccc(C(=O)N/C(=C/c2ccc(Cl)cc2)c2nc3ccc(C(F)(F)F)cc3[nH]2)cc1OC. The van der Waals surface area contributed by atoms with E-state index in [4.69, 9.17) is 21.1 Å². The van der Waals surface area contributed by atoms with Gasteiger partial charge in [-0.1, -0.05) is 23.7 Å². The maximum atomic E-state index is 13.1. The van der Waals surface area contributed by atoms with Gasteiger partial charge in [-0.15, -0.1) is 0 Å². The fourth-order valence-electron chi connectivity index (χ4n) is 3.37. The third kappa shape index (κ3) is 5.41. The molecule has 0 aliphatic heterocycles. The van der Waals surface area contributed by atoms with Crippen LogP contribution in [0.15, 0.2) is 60.7 Å². The second-order valence-electron chi connectivity index (χ2n) is 7.45. The van der Waals surface area contributed by atoms with E-state index in [0.717, 1.165) is 12.1 Å². The number of nitrogens with zero attached hydrogens (tertiary/aromatic N) is 1. The summed E-state index contributed by atoms with van der Waals surface area (Å²) >= 11 is 5.96. The number of hydrogen-bond donors (Lipinski definition) is 2. The first-order valence-corrected chi connectivity index (χ1v) is 10.6. The molecule has 10 heteroatoms. The van der Waals surface area contributed by atoms with Gasteiger partial charge in [0.25, 0.3) is 5.91 Å². The normalized spacial score (nSPS) is 12.0. The number of methoxy groups -OCH3 is 2. The number of imidazole rings is 1. The number of rotatable bonds is 6. The fraction of sp³-hybridized carbons (Fsp3) is 0.120. The van der Waals surface area contributed by atoms with Crippen LogP contribution in [0.3, 0.4) is 0 Å². The van der Waals surface area contributed by atoms with Crippen LogP contribution in [0, 0.1) is 0 Å². The van der Waals surface area contributed by atoms with Crippen LogP contribution in [0.1, 0.15) is 27.3 Å². The Morgan fingerprint density at radius 3 is 2.37 bits per heavy atom. The largest absolute Gasteiger partial charge is 0.493 e. The third-order valence-electron chi connectivity index (χ3n) is 5.14. The van der Waals surface area contributed by atoms with E-state index < -0.39 is 17.6 Å². The Kier molecular flexibility index (Phi) is 6.70. The topological polar surface area (TPSA) is 76.2 Å². The molecular weight excluding hydrogens is 483 g/mol. The number of carbonyl (C=O) groups is 1. The standard InChI is InChI=1S/C25H19ClF3N3O3/c1-34-21-10-5-15(12-22(21)35-2)24(33)32-20(11-14-3-7-17(26)8-4-14)23-30-18-9-6-16(25(27,28)29)13-19(18)31-23/h3-13H,1-2H3,(H,30,31)(H,32,33)/b20-11+. The summed E-state index contributed by atoms with van der Waals surface area (Å²) in [6.45, 7) is 0. The summed E-state index contributed by atoms with van der Waals surface area (Å²) in [6.07, 6.45) is -2.86. The first-order chi connectivity index (χ1) is 16.7. The van der Waals surface area contributed by atoms with E-state index in [2.05, 4.69) is 15.3 Å². The number of amides is 1. The lowest BCUT2D eigenvalue weighted by Crippen LogP contribution is -2.22. The molecule has 0 aliphatic carbocycles. The van der Waals surface area contributed by atoms with Gasteiger partial charge in [-0.2, -0.15) is 13.2 Å². The quantitative estimate of drug-likeness (QED) is 0.331. The van der Waals surface area contributed by atoms with Crippen LogP contribution < -0.4 is 14.8 Å². The average molecular weight is 502 g/mol. The van der Waals surface area contributed by atoms with Crippen molar-refractivity contribution < 1.29 is 27.4 Å². The summed E-state index contributed by atoms with van der Waals surface area (Å²) < 4.78 is 49.9. The van der Waals surface area contributed by atoms with Crippen LogP contribution in [-0.2, 0) is 6.18 Å². The molecule has 0 radical (unpaired) electrons. The Hall–Kier alpha value is -3.98. The zero-order chi connectivity index (χ0) is 25.2. The molecule has 6 nitrogen and oxygen atoms in total. The van der Waals surface area contributed by atoms with E-state index in [9.17, 15) is 18.0 Å². The van der Waals surface area contributed by atoms with Gasteiger partial charge in [-0.25, -0.2) is 4.98 Å². The molecule has 0 bridgehead atoms. The van der Waals surface area contributed by atoms with Gasteiger partial charge >= 0.3 is 6.18 Å². The van der Waals surface area contributed by atoms with E-state index in [-0.39, 0.29) is 22.6 Å². The van der Waals surface area contributed by atoms with Gasteiger partial charge in [0.2, 0.25) is 0 Å². The lowest BCUT2D eigenvalue weighted by atomic mass is 10.1. The number of halogens is 4. The highest BCUT2D eigenvalue weighted by Gasteiger charge is 2.30. The minimum atomic E-state index is -4.50. The predicted molar refractivity (Wildman–Crippen MR) is 127 cm³/mol. The molecule has 4 aromatic rings. The summed E-state index contributed by atoms with van der Waals surface area (Å²) in [6, 6.07) is 14.7. The molecule has 0 fully saturated rings. The van der Waals surface area contributed by atoms with Gasteiger partial charge in [0.15, 0.2) is 17.3 Å². The van der Waals surface area contributed by atoms with Gasteiger partial charge in [-0.05, 0) is 60.2 Å². The Bertz CT molecular complexity index is 1410. The van der Waals surface area contributed by atoms with E-state index in [1.807, 2.05) is 0 Å². The molecule has 1 heterocycles. The number of fused-ring (bicyclic) bond motifs is 1. The molecule has 0 saturated carbocycles. The van der Waals surface area contributed by atoms with Crippen LogP contribution in [0.4, 0.5) is 13.2 Å². The molecule has 0 spiro atoms. The Balaban J connectivity index is 1.75. The number of H-pyrrole nitrogens is 1. The van der Waals surface area contributed by atoms with Gasteiger partial charge in [0.05, 0.1) is 36.5 Å². The maximum Gasteiger partial charge on any atom is 0.416 e. The summed E-state index contributed by atoms with van der Waals surface area (Å²) in [5, 5.41) is 3.31. The highest BCUT2D eigenvalue weighted by Crippen LogP contribution is 2.32. The van der Waals surface area contributed by atoms with E-state index in [0.29, 0.717) is 27.6 Å². The fourth-order valence-corrected chi connectivity index (χ4v) is 3.50. The van der Waals surface area contributed by atoms with Crippen LogP contribution in [0.5, 0.6) is 11.5 Å². The molecule has 0 saturated heterocycles. The van der Waals surface area contributed by atoms with Crippen molar-refractivity contribution >= 4 is 40.3 Å². The van der Waals surface area contributed by atoms with Crippen molar-refractivity contribution in [2.45, 2.75) is 6.18 Å². The molecule has 0 atom stereocenters. The molecule has 180 valence electrons. The molecule has 3 aromatic carbocycles. The van der Waals surface area contributed by atoms with Gasteiger partial charge in [0, 0.05) is 10.6 Å². The van der Waals surface area contributed by atoms with Crippen molar-refractivity contribution in [3.63, 3.8) is 0 Å². The van der Waals surface area contributed by atoms with E-state index >= 15 is 0 Å². The number of hydrogen-bond acceptors (Lipinski definition) is 4. The molecule has 1 aromatic heterocycles.